The normalized spacial score (nSPS) is 10.7. The van der Waals surface area contributed by atoms with Gasteiger partial charge in [0.25, 0.3) is 5.69 Å². The van der Waals surface area contributed by atoms with E-state index in [2.05, 4.69) is 16.6 Å². The number of nitro groups is 1. The molecular formula is C14H17N3O2S. The maximum atomic E-state index is 11.1. The summed E-state index contributed by atoms with van der Waals surface area (Å²) in [5, 5.41) is 15.2. The smallest absolute Gasteiger partial charge is 0.295 e. The minimum absolute atomic E-state index is 0.0540. The molecule has 2 aromatic rings. The molecule has 6 heteroatoms. The summed E-state index contributed by atoms with van der Waals surface area (Å²) in [6.07, 6.45) is 3.13. The maximum Gasteiger partial charge on any atom is 0.295 e. The quantitative estimate of drug-likeness (QED) is 0.500. The van der Waals surface area contributed by atoms with Gasteiger partial charge in [-0.15, -0.1) is 0 Å². The van der Waals surface area contributed by atoms with Crippen molar-refractivity contribution < 1.29 is 4.92 Å². The second kappa shape index (κ2) is 6.56. The number of fused-ring (bicyclic) bond motifs is 1. The first-order valence-electron chi connectivity index (χ1n) is 6.41. The highest BCUT2D eigenvalue weighted by atomic mass is 32.2. The van der Waals surface area contributed by atoms with Crippen LogP contribution in [0.3, 0.4) is 0 Å². The summed E-state index contributed by atoms with van der Waals surface area (Å²) in [5.41, 5.74) is 2.19. The van der Waals surface area contributed by atoms with Crippen LogP contribution in [0.1, 0.15) is 12.1 Å². The van der Waals surface area contributed by atoms with Gasteiger partial charge in [-0.2, -0.15) is 11.8 Å². The number of nitro benzene ring substituents is 1. The second-order valence-corrected chi connectivity index (χ2v) is 5.50. The Morgan fingerprint density at radius 2 is 2.25 bits per heavy atom. The zero-order valence-corrected chi connectivity index (χ0v) is 12.4. The van der Waals surface area contributed by atoms with Gasteiger partial charge in [-0.05, 0) is 31.4 Å². The molecule has 0 unspecified atom stereocenters. The van der Waals surface area contributed by atoms with Gasteiger partial charge in [0, 0.05) is 29.4 Å². The molecule has 0 aliphatic heterocycles. The van der Waals surface area contributed by atoms with Crippen LogP contribution in [0.25, 0.3) is 10.9 Å². The molecule has 0 aliphatic carbocycles. The molecule has 0 spiro atoms. The number of pyridine rings is 1. The van der Waals surface area contributed by atoms with Crippen molar-refractivity contribution in [2.45, 2.75) is 13.3 Å². The van der Waals surface area contributed by atoms with E-state index in [9.17, 15) is 10.1 Å². The van der Waals surface area contributed by atoms with Crippen molar-refractivity contribution in [1.29, 1.82) is 0 Å². The number of thioether (sulfide) groups is 1. The lowest BCUT2D eigenvalue weighted by atomic mass is 10.1. The summed E-state index contributed by atoms with van der Waals surface area (Å²) in [7, 11) is 0. The Morgan fingerprint density at radius 1 is 1.45 bits per heavy atom. The van der Waals surface area contributed by atoms with Crippen LogP contribution in [-0.2, 0) is 0 Å². The molecule has 0 aliphatic rings. The fourth-order valence-corrected chi connectivity index (χ4v) is 2.53. The predicted octanol–water partition coefficient (Wildman–Crippen LogP) is 3.62. The van der Waals surface area contributed by atoms with Crippen LogP contribution in [0.15, 0.2) is 24.3 Å². The number of non-ortho nitro benzene ring substituents is 1. The molecule has 0 fully saturated rings. The van der Waals surface area contributed by atoms with Crippen LogP contribution < -0.4 is 5.32 Å². The first kappa shape index (κ1) is 14.6. The summed E-state index contributed by atoms with van der Waals surface area (Å²) >= 11 is 1.81. The van der Waals surface area contributed by atoms with Crippen molar-refractivity contribution in [3.05, 3.63) is 40.1 Å². The monoisotopic (exact) mass is 291 g/mol. The molecular weight excluding hydrogens is 274 g/mol. The Kier molecular flexibility index (Phi) is 4.79. The molecule has 1 heterocycles. The molecule has 1 aromatic heterocycles. The number of anilines is 1. The first-order chi connectivity index (χ1) is 9.63. The number of aromatic nitrogens is 1. The maximum absolute atomic E-state index is 11.1. The number of nitrogens with one attached hydrogen (secondary N) is 1. The number of nitrogens with zero attached hydrogens (tertiary/aromatic N) is 2. The van der Waals surface area contributed by atoms with E-state index in [1.807, 2.05) is 30.8 Å². The minimum atomic E-state index is -0.383. The van der Waals surface area contributed by atoms with E-state index >= 15 is 0 Å². The molecule has 0 bridgehead atoms. The number of para-hydroxylation sites is 1. The van der Waals surface area contributed by atoms with Gasteiger partial charge in [-0.25, -0.2) is 4.98 Å². The number of aryl methyl sites for hydroxylation is 1. The largest absolute Gasteiger partial charge is 0.384 e. The van der Waals surface area contributed by atoms with Gasteiger partial charge in [-0.1, -0.05) is 12.1 Å². The van der Waals surface area contributed by atoms with E-state index in [-0.39, 0.29) is 10.6 Å². The molecule has 20 heavy (non-hydrogen) atoms. The third-order valence-electron chi connectivity index (χ3n) is 2.98. The predicted molar refractivity (Wildman–Crippen MR) is 84.6 cm³/mol. The molecule has 2 rings (SSSR count). The Balaban J connectivity index is 2.39. The topological polar surface area (TPSA) is 68.1 Å². The minimum Gasteiger partial charge on any atom is -0.384 e. The number of rotatable bonds is 6. The zero-order valence-electron chi connectivity index (χ0n) is 11.5. The van der Waals surface area contributed by atoms with Crippen molar-refractivity contribution in [1.82, 2.24) is 4.98 Å². The molecule has 5 nitrogen and oxygen atoms in total. The molecule has 0 amide bonds. The van der Waals surface area contributed by atoms with Crippen LogP contribution in [0, 0.1) is 17.0 Å². The SMILES string of the molecule is CSCCCNc1cc(C)nc2c([N+](=O)[O-])cccc12. The lowest BCUT2D eigenvalue weighted by Gasteiger charge is -2.10. The second-order valence-electron chi connectivity index (χ2n) is 4.51. The molecule has 0 radical (unpaired) electrons. The highest BCUT2D eigenvalue weighted by Crippen LogP contribution is 2.29. The molecule has 1 aromatic carbocycles. The average molecular weight is 291 g/mol. The van der Waals surface area contributed by atoms with Crippen molar-refractivity contribution in [3.8, 4) is 0 Å². The Hall–Kier alpha value is -1.82. The molecule has 0 saturated carbocycles. The highest BCUT2D eigenvalue weighted by molar-refractivity contribution is 7.98. The summed E-state index contributed by atoms with van der Waals surface area (Å²) in [6, 6.07) is 6.99. The number of benzene rings is 1. The first-order valence-corrected chi connectivity index (χ1v) is 7.80. The molecule has 0 atom stereocenters. The summed E-state index contributed by atoms with van der Waals surface area (Å²) in [6.45, 7) is 2.70. The van der Waals surface area contributed by atoms with E-state index < -0.39 is 0 Å². The van der Waals surface area contributed by atoms with Gasteiger partial charge >= 0.3 is 0 Å². The van der Waals surface area contributed by atoms with Crippen molar-refractivity contribution in [3.63, 3.8) is 0 Å². The van der Waals surface area contributed by atoms with Crippen molar-refractivity contribution in [2.24, 2.45) is 0 Å². The van der Waals surface area contributed by atoms with E-state index in [1.54, 1.807) is 6.07 Å². The Labute approximate surface area is 121 Å². The van der Waals surface area contributed by atoms with Gasteiger partial charge in [0.05, 0.1) is 4.92 Å². The fraction of sp³-hybridized carbons (Fsp3) is 0.357. The zero-order chi connectivity index (χ0) is 14.5. The third-order valence-corrected chi connectivity index (χ3v) is 3.68. The molecule has 0 saturated heterocycles. The van der Waals surface area contributed by atoms with E-state index in [0.29, 0.717) is 5.52 Å². The highest BCUT2D eigenvalue weighted by Gasteiger charge is 2.15. The summed E-state index contributed by atoms with van der Waals surface area (Å²) < 4.78 is 0. The van der Waals surface area contributed by atoms with Gasteiger partial charge < -0.3 is 5.32 Å². The third kappa shape index (κ3) is 3.19. The Morgan fingerprint density at radius 3 is 2.95 bits per heavy atom. The van der Waals surface area contributed by atoms with Crippen LogP contribution in [-0.4, -0.2) is 28.5 Å². The van der Waals surface area contributed by atoms with Crippen molar-refractivity contribution >= 4 is 34.0 Å². The van der Waals surface area contributed by atoms with E-state index in [4.69, 9.17) is 0 Å². The van der Waals surface area contributed by atoms with Crippen LogP contribution in [0.2, 0.25) is 0 Å². The van der Waals surface area contributed by atoms with Crippen LogP contribution >= 0.6 is 11.8 Å². The number of hydrogen-bond acceptors (Lipinski definition) is 5. The van der Waals surface area contributed by atoms with Gasteiger partial charge in [0.1, 0.15) is 0 Å². The van der Waals surface area contributed by atoms with Crippen LogP contribution in [0.5, 0.6) is 0 Å². The lowest BCUT2D eigenvalue weighted by Crippen LogP contribution is -2.04. The van der Waals surface area contributed by atoms with Gasteiger partial charge in [-0.3, -0.25) is 10.1 Å². The molecule has 106 valence electrons. The fourth-order valence-electron chi connectivity index (χ4n) is 2.09. The number of hydrogen-bond donors (Lipinski definition) is 1. The summed E-state index contributed by atoms with van der Waals surface area (Å²) in [4.78, 5) is 15.0. The van der Waals surface area contributed by atoms with Gasteiger partial charge in [0.2, 0.25) is 0 Å². The van der Waals surface area contributed by atoms with Gasteiger partial charge in [0.15, 0.2) is 5.52 Å². The lowest BCUT2D eigenvalue weighted by molar-refractivity contribution is -0.383. The summed E-state index contributed by atoms with van der Waals surface area (Å²) in [5.74, 6) is 1.09. The molecule has 1 N–H and O–H groups in total. The van der Waals surface area contributed by atoms with E-state index in [0.717, 1.165) is 35.5 Å². The average Bonchev–Trinajstić information content (AvgIpc) is 2.42. The Bertz CT molecular complexity index is 631. The van der Waals surface area contributed by atoms with Crippen LogP contribution in [0.4, 0.5) is 11.4 Å². The van der Waals surface area contributed by atoms with E-state index in [1.165, 1.54) is 6.07 Å². The van der Waals surface area contributed by atoms with Crippen molar-refractivity contribution in [2.75, 3.05) is 23.9 Å². The standard InChI is InChI=1S/C14H17N3O2S/c1-10-9-12(15-7-4-8-20-2)11-5-3-6-13(17(18)19)14(11)16-10/h3,5-6,9H,4,7-8H2,1-2H3,(H,15,16).